The van der Waals surface area contributed by atoms with Gasteiger partial charge in [0.2, 0.25) is 0 Å². The van der Waals surface area contributed by atoms with Crippen LogP contribution >= 0.6 is 0 Å². The lowest BCUT2D eigenvalue weighted by Gasteiger charge is -2.45. The number of hydrogen-bond acceptors (Lipinski definition) is 5. The van der Waals surface area contributed by atoms with Crippen LogP contribution in [-0.4, -0.2) is 44.4 Å². The fourth-order valence-electron chi connectivity index (χ4n) is 7.70. The summed E-state index contributed by atoms with van der Waals surface area (Å²) in [5, 5.41) is 31.1. The highest BCUT2D eigenvalue weighted by Gasteiger charge is 2.85. The molecular weight excluding hydrogens is 340 g/mol. The minimum absolute atomic E-state index is 0.116. The minimum atomic E-state index is -1.78. The zero-order valence-corrected chi connectivity index (χ0v) is 14.4. The first-order valence-corrected chi connectivity index (χ1v) is 9.24. The number of aliphatic hydroxyl groups is 1. The number of carbonyl (C=O) groups is 3. The molecule has 0 amide bonds. The number of fused-ring (bicyclic) bond motifs is 1. The quantitative estimate of drug-likeness (QED) is 0.385. The lowest BCUT2D eigenvalue weighted by atomic mass is 9.59. The second-order valence-corrected chi connectivity index (χ2v) is 9.08. The van der Waals surface area contributed by atoms with Crippen molar-refractivity contribution in [3.8, 4) is 0 Å². The van der Waals surface area contributed by atoms with Crippen LogP contribution in [0.1, 0.15) is 44.9 Å². The van der Waals surface area contributed by atoms with Gasteiger partial charge >= 0.3 is 17.9 Å². The van der Waals surface area contributed by atoms with Crippen molar-refractivity contribution in [1.82, 2.24) is 0 Å². The average molecular weight is 362 g/mol. The summed E-state index contributed by atoms with van der Waals surface area (Å²) in [7, 11) is 0. The Morgan fingerprint density at radius 2 is 1.92 bits per heavy atom. The van der Waals surface area contributed by atoms with Crippen LogP contribution in [-0.2, 0) is 19.1 Å². The molecule has 7 heteroatoms. The van der Waals surface area contributed by atoms with E-state index in [2.05, 4.69) is 6.58 Å². The maximum atomic E-state index is 12.7. The predicted octanol–water partition coefficient (Wildman–Crippen LogP) is 1.34. The molecule has 7 atom stereocenters. The molecule has 5 fully saturated rings. The summed E-state index contributed by atoms with van der Waals surface area (Å²) in [4.78, 5) is 37.4. The maximum Gasteiger partial charge on any atom is 0.324 e. The van der Waals surface area contributed by atoms with Gasteiger partial charge < -0.3 is 20.1 Å². The summed E-state index contributed by atoms with van der Waals surface area (Å²) < 4.78 is 5.83. The van der Waals surface area contributed by atoms with Gasteiger partial charge in [0.15, 0.2) is 5.41 Å². The summed E-state index contributed by atoms with van der Waals surface area (Å²) in [5.41, 5.74) is -4.06. The Bertz CT molecular complexity index is 789. The molecule has 26 heavy (non-hydrogen) atoms. The van der Waals surface area contributed by atoms with Crippen LogP contribution in [0.4, 0.5) is 0 Å². The van der Waals surface area contributed by atoms with Gasteiger partial charge in [-0.3, -0.25) is 14.4 Å². The number of ether oxygens (including phenoxy) is 1. The van der Waals surface area contributed by atoms with Crippen molar-refractivity contribution in [3.63, 3.8) is 0 Å². The molecule has 1 spiro atoms. The van der Waals surface area contributed by atoms with Gasteiger partial charge in [-0.2, -0.15) is 0 Å². The van der Waals surface area contributed by atoms with Gasteiger partial charge in [-0.05, 0) is 55.9 Å². The third-order valence-electron chi connectivity index (χ3n) is 8.40. The number of carboxylic acid groups (broad SMARTS) is 2. The molecule has 4 saturated carbocycles. The highest BCUT2D eigenvalue weighted by atomic mass is 16.6. The molecule has 5 aliphatic rings. The highest BCUT2D eigenvalue weighted by molar-refractivity contribution is 6.03. The molecule has 0 aromatic heterocycles. The van der Waals surface area contributed by atoms with E-state index in [-0.39, 0.29) is 18.8 Å². The topological polar surface area (TPSA) is 121 Å². The molecule has 1 saturated heterocycles. The van der Waals surface area contributed by atoms with Crippen LogP contribution in [0.3, 0.4) is 0 Å². The summed E-state index contributed by atoms with van der Waals surface area (Å²) in [6.07, 6.45) is 2.75. The average Bonchev–Trinajstić information content (AvgIpc) is 2.94. The van der Waals surface area contributed by atoms with Crippen molar-refractivity contribution in [1.29, 1.82) is 0 Å². The molecule has 4 aliphatic carbocycles. The molecule has 5 rings (SSSR count). The van der Waals surface area contributed by atoms with E-state index < -0.39 is 51.8 Å². The first-order valence-electron chi connectivity index (χ1n) is 9.24. The zero-order chi connectivity index (χ0) is 18.7. The number of rotatable bonds is 2. The fraction of sp³-hybridized carbons (Fsp3) is 0.737. The lowest BCUT2D eigenvalue weighted by Crippen LogP contribution is -2.51. The SMILES string of the molecule is C=C1C[C@]23C[C@@]1(O)CC[C@@H]2[C@@]12CCC[C@@](C(=O)O)(C(=O)O1)[C@H]2[C@@H]3C(=O)O. The summed E-state index contributed by atoms with van der Waals surface area (Å²) in [5.74, 6) is -5.29. The molecule has 0 aromatic rings. The standard InChI is InChI=1S/C19H22O7/c1-9-7-16-8-17(9,25)6-3-10(16)19-5-2-4-18(14(22)23,15(24)26-19)12(19)11(16)13(20)21/h10-12,25H,1-8H2,(H,20,21)(H,22,23)/t10-,11+,12+,16-,17-,18+,19+/m0/s1. The van der Waals surface area contributed by atoms with Gasteiger partial charge in [0.25, 0.3) is 0 Å². The number of carbonyl (C=O) groups excluding carboxylic acids is 1. The smallest absolute Gasteiger partial charge is 0.324 e. The van der Waals surface area contributed by atoms with Crippen molar-refractivity contribution in [2.45, 2.75) is 56.1 Å². The molecule has 0 aromatic carbocycles. The van der Waals surface area contributed by atoms with Gasteiger partial charge in [0.1, 0.15) is 5.60 Å². The van der Waals surface area contributed by atoms with Crippen LogP contribution in [0.2, 0.25) is 0 Å². The second-order valence-electron chi connectivity index (χ2n) is 9.08. The van der Waals surface area contributed by atoms with Crippen LogP contribution < -0.4 is 0 Å². The van der Waals surface area contributed by atoms with E-state index in [1.165, 1.54) is 0 Å². The Morgan fingerprint density at radius 3 is 2.58 bits per heavy atom. The minimum Gasteiger partial charge on any atom is -0.481 e. The van der Waals surface area contributed by atoms with Gasteiger partial charge in [0.05, 0.1) is 11.5 Å². The number of carboxylic acids is 2. The van der Waals surface area contributed by atoms with Crippen molar-refractivity contribution >= 4 is 17.9 Å². The third-order valence-corrected chi connectivity index (χ3v) is 8.40. The first-order chi connectivity index (χ1) is 12.1. The van der Waals surface area contributed by atoms with E-state index in [0.29, 0.717) is 37.7 Å². The summed E-state index contributed by atoms with van der Waals surface area (Å²) in [6, 6.07) is 0. The number of hydrogen-bond donors (Lipinski definition) is 3. The lowest BCUT2D eigenvalue weighted by molar-refractivity contribution is -0.169. The first kappa shape index (κ1) is 16.3. The third kappa shape index (κ3) is 1.39. The van der Waals surface area contributed by atoms with E-state index in [1.807, 2.05) is 0 Å². The van der Waals surface area contributed by atoms with Crippen molar-refractivity contribution in [3.05, 3.63) is 12.2 Å². The van der Waals surface area contributed by atoms with Crippen LogP contribution in [0.15, 0.2) is 12.2 Å². The fourth-order valence-corrected chi connectivity index (χ4v) is 7.70. The van der Waals surface area contributed by atoms with Gasteiger partial charge in [-0.25, -0.2) is 0 Å². The van der Waals surface area contributed by atoms with Crippen molar-refractivity contribution in [2.24, 2.45) is 28.6 Å². The Morgan fingerprint density at radius 1 is 1.19 bits per heavy atom. The van der Waals surface area contributed by atoms with Crippen molar-refractivity contribution in [2.75, 3.05) is 0 Å². The monoisotopic (exact) mass is 362 g/mol. The molecular formula is C19H22O7. The normalized spacial score (nSPS) is 53.8. The Hall–Kier alpha value is -1.89. The molecule has 1 aliphatic heterocycles. The van der Waals surface area contributed by atoms with Crippen molar-refractivity contribution < 1.29 is 34.4 Å². The predicted molar refractivity (Wildman–Crippen MR) is 85.8 cm³/mol. The zero-order valence-electron chi connectivity index (χ0n) is 14.4. The number of esters is 1. The van der Waals surface area contributed by atoms with Crippen LogP contribution in [0.25, 0.3) is 0 Å². The van der Waals surface area contributed by atoms with E-state index in [9.17, 15) is 29.7 Å². The van der Waals surface area contributed by atoms with E-state index in [4.69, 9.17) is 4.74 Å². The molecule has 1 heterocycles. The molecule has 0 unspecified atom stereocenters. The maximum absolute atomic E-state index is 12.7. The van der Waals surface area contributed by atoms with Gasteiger partial charge in [0, 0.05) is 11.8 Å². The summed E-state index contributed by atoms with van der Waals surface area (Å²) >= 11 is 0. The largest absolute Gasteiger partial charge is 0.481 e. The molecule has 7 nitrogen and oxygen atoms in total. The molecule has 4 bridgehead atoms. The van der Waals surface area contributed by atoms with Crippen LogP contribution in [0, 0.1) is 28.6 Å². The second kappa shape index (κ2) is 4.32. The van der Waals surface area contributed by atoms with Crippen LogP contribution in [0.5, 0.6) is 0 Å². The Kier molecular flexibility index (Phi) is 2.71. The van der Waals surface area contributed by atoms with E-state index in [1.54, 1.807) is 0 Å². The molecule has 0 radical (unpaired) electrons. The van der Waals surface area contributed by atoms with E-state index in [0.717, 1.165) is 0 Å². The van der Waals surface area contributed by atoms with Gasteiger partial charge in [-0.15, -0.1) is 0 Å². The number of aliphatic carboxylic acids is 2. The summed E-state index contributed by atoms with van der Waals surface area (Å²) in [6.45, 7) is 4.00. The Balaban J connectivity index is 1.78. The highest BCUT2D eigenvalue weighted by Crippen LogP contribution is 2.78. The molecule has 140 valence electrons. The Labute approximate surface area is 150 Å². The van der Waals surface area contributed by atoms with Gasteiger partial charge in [-0.1, -0.05) is 6.58 Å². The van der Waals surface area contributed by atoms with E-state index >= 15 is 0 Å². The molecule has 3 N–H and O–H groups in total.